The predicted octanol–water partition coefficient (Wildman–Crippen LogP) is 3.92. The highest BCUT2D eigenvalue weighted by atomic mass is 35.5. The fourth-order valence-electron chi connectivity index (χ4n) is 3.04. The van der Waals surface area contributed by atoms with Gasteiger partial charge >= 0.3 is 12.1 Å². The normalized spacial score (nSPS) is 10.6. The van der Waals surface area contributed by atoms with Crippen molar-refractivity contribution in [2.75, 3.05) is 25.6 Å². The number of benzene rings is 2. The first-order chi connectivity index (χ1) is 16.3. The number of carbonyl (C=O) groups is 3. The Balaban J connectivity index is 1.54. The molecular weight excluding hydrogens is 467 g/mol. The number of nitrogens with one attached hydrogen (secondary N) is 2. The van der Waals surface area contributed by atoms with E-state index in [2.05, 4.69) is 15.7 Å². The van der Waals surface area contributed by atoms with Gasteiger partial charge in [0.05, 0.1) is 24.2 Å². The molecule has 3 aromatic rings. The highest BCUT2D eigenvalue weighted by Gasteiger charge is 2.13. The first-order valence-corrected chi connectivity index (χ1v) is 10.5. The number of hydrogen-bond acceptors (Lipinski definition) is 7. The Morgan fingerprint density at radius 3 is 2.68 bits per heavy atom. The van der Waals surface area contributed by atoms with Crippen molar-refractivity contribution in [3.63, 3.8) is 0 Å². The minimum absolute atomic E-state index is 0.0317. The second-order valence-corrected chi connectivity index (χ2v) is 7.48. The zero-order valence-electron chi connectivity index (χ0n) is 18.4. The van der Waals surface area contributed by atoms with Crippen molar-refractivity contribution in [1.82, 2.24) is 15.4 Å². The number of halogens is 2. The second kappa shape index (κ2) is 11.4. The fourth-order valence-corrected chi connectivity index (χ4v) is 3.23. The molecule has 0 aliphatic carbocycles. The van der Waals surface area contributed by atoms with Gasteiger partial charge in [0.1, 0.15) is 18.2 Å². The van der Waals surface area contributed by atoms with Gasteiger partial charge in [-0.05, 0) is 35.2 Å². The lowest BCUT2D eigenvalue weighted by Crippen LogP contribution is -2.43. The molecule has 0 radical (unpaired) electrons. The van der Waals surface area contributed by atoms with Crippen LogP contribution in [-0.2, 0) is 20.8 Å². The van der Waals surface area contributed by atoms with E-state index >= 15 is 0 Å². The van der Waals surface area contributed by atoms with E-state index in [1.54, 1.807) is 36.5 Å². The highest BCUT2D eigenvalue weighted by Crippen LogP contribution is 2.20. The van der Waals surface area contributed by atoms with Gasteiger partial charge in [0.2, 0.25) is 5.91 Å². The van der Waals surface area contributed by atoms with Crippen LogP contribution in [0, 0.1) is 5.82 Å². The maximum atomic E-state index is 13.6. The summed E-state index contributed by atoms with van der Waals surface area (Å²) in [6.45, 7) is 1.37. The molecule has 1 aromatic heterocycles. The first-order valence-electron chi connectivity index (χ1n) is 10.1. The number of ether oxygens (including phenoxy) is 2. The maximum Gasteiger partial charge on any atom is 0.412 e. The average molecular weight is 489 g/mol. The van der Waals surface area contributed by atoms with Crippen LogP contribution in [0.25, 0.3) is 10.8 Å². The Bertz CT molecular complexity index is 1220. The molecule has 0 aliphatic rings. The summed E-state index contributed by atoms with van der Waals surface area (Å²) < 4.78 is 23.4. The molecule has 178 valence electrons. The van der Waals surface area contributed by atoms with Crippen LogP contribution in [-0.4, -0.2) is 48.2 Å². The van der Waals surface area contributed by atoms with Crippen molar-refractivity contribution in [2.24, 2.45) is 0 Å². The van der Waals surface area contributed by atoms with Crippen molar-refractivity contribution in [3.05, 3.63) is 70.6 Å². The second-order valence-electron chi connectivity index (χ2n) is 7.10. The van der Waals surface area contributed by atoms with Gasteiger partial charge in [-0.1, -0.05) is 29.8 Å². The predicted molar refractivity (Wildman–Crippen MR) is 124 cm³/mol. The monoisotopic (exact) mass is 488 g/mol. The van der Waals surface area contributed by atoms with Gasteiger partial charge in [-0.2, -0.15) is 0 Å². The summed E-state index contributed by atoms with van der Waals surface area (Å²) in [5, 5.41) is 5.15. The Morgan fingerprint density at radius 1 is 1.15 bits per heavy atom. The summed E-state index contributed by atoms with van der Waals surface area (Å²) in [4.78, 5) is 39.9. The standard InChI is InChI=1S/C23H22ClFN4O5/c1-14(30)29(27-13-17-4-3-5-19(25)21(17)24)8-9-34-23(32)28-20-11-18-10-15(22(31)33-2)6-7-16(18)12-26-20/h3-7,10-12,27H,8-9,13H2,1-2H3,(H,26,28,32). The quantitative estimate of drug-likeness (QED) is 0.365. The lowest BCUT2D eigenvalue weighted by Gasteiger charge is -2.22. The van der Waals surface area contributed by atoms with E-state index < -0.39 is 17.9 Å². The van der Waals surface area contributed by atoms with E-state index in [9.17, 15) is 18.8 Å². The van der Waals surface area contributed by atoms with Crippen molar-refractivity contribution >= 4 is 46.2 Å². The third kappa shape index (κ3) is 6.40. The van der Waals surface area contributed by atoms with Crippen molar-refractivity contribution in [2.45, 2.75) is 13.5 Å². The minimum atomic E-state index is -0.771. The molecule has 0 unspecified atom stereocenters. The third-order valence-electron chi connectivity index (χ3n) is 4.79. The van der Waals surface area contributed by atoms with E-state index in [0.29, 0.717) is 16.5 Å². The lowest BCUT2D eigenvalue weighted by atomic mass is 10.1. The molecular formula is C23H22ClFN4O5. The Morgan fingerprint density at radius 2 is 1.94 bits per heavy atom. The SMILES string of the molecule is COC(=O)c1ccc2cnc(NC(=O)OCCN(NCc3cccc(F)c3Cl)C(C)=O)cc2c1. The molecule has 0 spiro atoms. The number of hydrazine groups is 1. The molecule has 2 aromatic carbocycles. The molecule has 0 fully saturated rings. The number of pyridine rings is 1. The molecule has 2 N–H and O–H groups in total. The number of carbonyl (C=O) groups excluding carboxylic acids is 3. The molecule has 0 atom stereocenters. The zero-order chi connectivity index (χ0) is 24.7. The van der Waals surface area contributed by atoms with Crippen LogP contribution < -0.4 is 10.7 Å². The maximum absolute atomic E-state index is 13.6. The molecule has 1 heterocycles. The Hall–Kier alpha value is -3.76. The molecule has 0 bridgehead atoms. The number of esters is 1. The van der Waals surface area contributed by atoms with Gasteiger partial charge in [-0.3, -0.25) is 15.1 Å². The van der Waals surface area contributed by atoms with Gasteiger partial charge in [0, 0.05) is 25.1 Å². The molecule has 0 aliphatic heterocycles. The van der Waals surface area contributed by atoms with Gasteiger partial charge in [0.25, 0.3) is 0 Å². The Kier molecular flexibility index (Phi) is 8.34. The fraction of sp³-hybridized carbons (Fsp3) is 0.217. The summed E-state index contributed by atoms with van der Waals surface area (Å²) in [6, 6.07) is 10.9. The summed E-state index contributed by atoms with van der Waals surface area (Å²) in [5.74, 6) is -1.13. The first kappa shape index (κ1) is 24.9. The van der Waals surface area contributed by atoms with Crippen molar-refractivity contribution in [3.8, 4) is 0 Å². The van der Waals surface area contributed by atoms with Gasteiger partial charge in [-0.15, -0.1) is 0 Å². The van der Waals surface area contributed by atoms with E-state index in [1.807, 2.05) is 0 Å². The Labute approximate surface area is 199 Å². The average Bonchev–Trinajstić information content (AvgIpc) is 2.82. The van der Waals surface area contributed by atoms with Gasteiger partial charge in [0.15, 0.2) is 0 Å². The molecule has 11 heteroatoms. The summed E-state index contributed by atoms with van der Waals surface area (Å²) in [7, 11) is 1.29. The van der Waals surface area contributed by atoms with Crippen LogP contribution in [0.3, 0.4) is 0 Å². The summed E-state index contributed by atoms with van der Waals surface area (Å²) >= 11 is 5.92. The van der Waals surface area contributed by atoms with Crippen molar-refractivity contribution < 1.29 is 28.2 Å². The number of hydrogen-bond donors (Lipinski definition) is 2. The van der Waals surface area contributed by atoms with E-state index in [4.69, 9.17) is 21.1 Å². The van der Waals surface area contributed by atoms with Gasteiger partial charge in [-0.25, -0.2) is 24.4 Å². The van der Waals surface area contributed by atoms with Crippen LogP contribution in [0.15, 0.2) is 48.7 Å². The molecule has 2 amide bonds. The zero-order valence-corrected chi connectivity index (χ0v) is 19.2. The lowest BCUT2D eigenvalue weighted by molar-refractivity contribution is -0.132. The van der Waals surface area contributed by atoms with Crippen LogP contribution in [0.4, 0.5) is 15.0 Å². The molecule has 0 saturated carbocycles. The number of fused-ring (bicyclic) bond motifs is 1. The number of rotatable bonds is 8. The number of amides is 2. The smallest absolute Gasteiger partial charge is 0.412 e. The third-order valence-corrected chi connectivity index (χ3v) is 5.22. The minimum Gasteiger partial charge on any atom is -0.465 e. The number of nitrogens with zero attached hydrogens (tertiary/aromatic N) is 2. The van der Waals surface area contributed by atoms with Crippen LogP contribution in [0.1, 0.15) is 22.8 Å². The summed E-state index contributed by atoms with van der Waals surface area (Å²) in [5.41, 5.74) is 3.68. The molecule has 9 nitrogen and oxygen atoms in total. The van der Waals surface area contributed by atoms with Gasteiger partial charge < -0.3 is 9.47 Å². The molecule has 3 rings (SSSR count). The van der Waals surface area contributed by atoms with Crippen LogP contribution >= 0.6 is 11.6 Å². The van der Waals surface area contributed by atoms with E-state index in [1.165, 1.54) is 31.2 Å². The molecule has 0 saturated heterocycles. The van der Waals surface area contributed by atoms with E-state index in [0.717, 1.165) is 5.39 Å². The summed E-state index contributed by atoms with van der Waals surface area (Å²) in [6.07, 6.45) is 0.776. The largest absolute Gasteiger partial charge is 0.465 e. The van der Waals surface area contributed by atoms with Crippen molar-refractivity contribution in [1.29, 1.82) is 0 Å². The van der Waals surface area contributed by atoms with Crippen LogP contribution in [0.5, 0.6) is 0 Å². The van der Waals surface area contributed by atoms with E-state index in [-0.39, 0.29) is 36.4 Å². The highest BCUT2D eigenvalue weighted by molar-refractivity contribution is 6.31. The number of methoxy groups -OCH3 is 1. The van der Waals surface area contributed by atoms with Crippen LogP contribution in [0.2, 0.25) is 5.02 Å². The topological polar surface area (TPSA) is 110 Å². The number of aromatic nitrogens is 1. The number of anilines is 1. The molecule has 34 heavy (non-hydrogen) atoms.